The second-order valence-corrected chi connectivity index (χ2v) is 11.0. The van der Waals surface area contributed by atoms with E-state index in [9.17, 15) is 9.46 Å². The van der Waals surface area contributed by atoms with Crippen LogP contribution in [0.15, 0.2) is 41.0 Å². The number of ether oxygens (including phenoxy) is 1. The molecule has 0 radical (unpaired) electrons. The lowest BCUT2D eigenvalue weighted by molar-refractivity contribution is 0.311. The molecule has 3 nitrogen and oxygen atoms in total. The van der Waals surface area contributed by atoms with Gasteiger partial charge in [0.2, 0.25) is 7.37 Å². The summed E-state index contributed by atoms with van der Waals surface area (Å²) in [5.41, 5.74) is 6.94. The van der Waals surface area contributed by atoms with Crippen LogP contribution in [-0.2, 0) is 15.5 Å². The number of benzene rings is 1. The van der Waals surface area contributed by atoms with Gasteiger partial charge in [-0.1, -0.05) is 35.8 Å². The van der Waals surface area contributed by atoms with Gasteiger partial charge < -0.3 is 9.63 Å². The average molecular weight is 386 g/mol. The SMILES string of the molecule is CO/C(=C1\C2CCCC1C1=C(CCCC1)C2)c1cccc(CP(C)(=O)O)c1. The van der Waals surface area contributed by atoms with Crippen molar-refractivity contribution in [3.05, 3.63) is 52.1 Å². The molecule has 0 aromatic heterocycles. The van der Waals surface area contributed by atoms with Gasteiger partial charge >= 0.3 is 0 Å². The lowest BCUT2D eigenvalue weighted by atomic mass is 9.62. The largest absolute Gasteiger partial charge is 0.496 e. The number of hydrogen-bond donors (Lipinski definition) is 1. The molecule has 3 aliphatic carbocycles. The predicted molar refractivity (Wildman–Crippen MR) is 111 cm³/mol. The maximum atomic E-state index is 11.9. The minimum atomic E-state index is -3.08. The lowest BCUT2D eigenvalue weighted by Gasteiger charge is -2.43. The highest BCUT2D eigenvalue weighted by Gasteiger charge is 2.39. The summed E-state index contributed by atoms with van der Waals surface area (Å²) in [7, 11) is -1.30. The third-order valence-electron chi connectivity index (χ3n) is 6.53. The number of hydrogen-bond acceptors (Lipinski definition) is 2. The van der Waals surface area contributed by atoms with Crippen LogP contribution in [0.25, 0.3) is 5.76 Å². The molecule has 1 N–H and O–H groups in total. The van der Waals surface area contributed by atoms with E-state index in [1.807, 2.05) is 12.1 Å². The zero-order chi connectivity index (χ0) is 19.0. The van der Waals surface area contributed by atoms with Gasteiger partial charge in [-0.3, -0.25) is 4.57 Å². The molecule has 2 bridgehead atoms. The fourth-order valence-corrected chi connectivity index (χ4v) is 6.45. The van der Waals surface area contributed by atoms with Crippen molar-refractivity contribution in [3.63, 3.8) is 0 Å². The van der Waals surface area contributed by atoms with Crippen LogP contribution >= 0.6 is 7.37 Å². The van der Waals surface area contributed by atoms with E-state index in [1.165, 1.54) is 63.6 Å². The Hall–Kier alpha value is -1.31. The molecule has 27 heavy (non-hydrogen) atoms. The van der Waals surface area contributed by atoms with E-state index >= 15 is 0 Å². The van der Waals surface area contributed by atoms with E-state index in [1.54, 1.807) is 18.3 Å². The molecule has 0 saturated heterocycles. The molecule has 1 saturated carbocycles. The van der Waals surface area contributed by atoms with Gasteiger partial charge in [0.1, 0.15) is 5.76 Å². The Bertz CT molecular complexity index is 830. The first kappa shape index (κ1) is 19.0. The Morgan fingerprint density at radius 1 is 1.22 bits per heavy atom. The minimum absolute atomic E-state index is 0.218. The van der Waals surface area contributed by atoms with Crippen LogP contribution in [0.3, 0.4) is 0 Å². The monoisotopic (exact) mass is 386 g/mol. The van der Waals surface area contributed by atoms with Gasteiger partial charge in [-0.25, -0.2) is 0 Å². The lowest BCUT2D eigenvalue weighted by Crippen LogP contribution is -2.30. The smallest absolute Gasteiger partial charge is 0.201 e. The number of fused-ring (bicyclic) bond motifs is 3. The Kier molecular flexibility index (Phi) is 5.36. The molecular formula is C23H31O3P. The molecule has 3 unspecified atom stereocenters. The maximum Gasteiger partial charge on any atom is 0.201 e. The van der Waals surface area contributed by atoms with Gasteiger partial charge in [-0.15, -0.1) is 0 Å². The standard InChI is InChI=1S/C23H31O3P/c1-26-23(19-10-5-7-16(13-19)15-27(2,24)25)22-18-9-6-12-21(22)20-11-4-3-8-17(20)14-18/h5,7,10,13,18,21H,3-4,6,8-9,11-12,14-15H2,1-2H3,(H,24,25)/b23-22+. The van der Waals surface area contributed by atoms with E-state index in [-0.39, 0.29) is 6.16 Å². The highest BCUT2D eigenvalue weighted by atomic mass is 31.2. The van der Waals surface area contributed by atoms with Crippen LogP contribution in [-0.4, -0.2) is 18.7 Å². The third-order valence-corrected chi connectivity index (χ3v) is 7.49. The zero-order valence-electron chi connectivity index (χ0n) is 16.5. The second-order valence-electron chi connectivity index (χ2n) is 8.62. The van der Waals surface area contributed by atoms with Crippen LogP contribution in [0.5, 0.6) is 0 Å². The van der Waals surface area contributed by atoms with Crippen molar-refractivity contribution in [3.8, 4) is 0 Å². The van der Waals surface area contributed by atoms with Crippen molar-refractivity contribution < 1.29 is 14.2 Å². The van der Waals surface area contributed by atoms with Crippen molar-refractivity contribution in [1.82, 2.24) is 0 Å². The van der Waals surface area contributed by atoms with E-state index in [0.717, 1.165) is 16.9 Å². The molecule has 4 heteroatoms. The Morgan fingerprint density at radius 2 is 2.04 bits per heavy atom. The molecule has 0 amide bonds. The molecule has 1 fully saturated rings. The van der Waals surface area contributed by atoms with Crippen molar-refractivity contribution in [2.75, 3.05) is 13.8 Å². The number of methoxy groups -OCH3 is 1. The third kappa shape index (κ3) is 3.96. The minimum Gasteiger partial charge on any atom is -0.496 e. The molecule has 3 aliphatic rings. The van der Waals surface area contributed by atoms with Crippen LogP contribution in [0.1, 0.15) is 62.5 Å². The molecule has 0 heterocycles. The Balaban J connectivity index is 1.77. The van der Waals surface area contributed by atoms with Crippen molar-refractivity contribution in [1.29, 1.82) is 0 Å². The van der Waals surface area contributed by atoms with E-state index in [0.29, 0.717) is 11.8 Å². The van der Waals surface area contributed by atoms with Crippen LogP contribution in [0.2, 0.25) is 0 Å². The molecule has 146 valence electrons. The molecule has 0 aliphatic heterocycles. The molecule has 0 spiro atoms. The van der Waals surface area contributed by atoms with Gasteiger partial charge in [0.05, 0.1) is 7.11 Å². The van der Waals surface area contributed by atoms with E-state index in [4.69, 9.17) is 4.74 Å². The number of rotatable bonds is 4. The quantitative estimate of drug-likeness (QED) is 0.384. The molecule has 4 rings (SSSR count). The van der Waals surface area contributed by atoms with Gasteiger partial charge in [-0.2, -0.15) is 0 Å². The first-order valence-electron chi connectivity index (χ1n) is 10.3. The fourth-order valence-electron chi connectivity index (χ4n) is 5.58. The fraction of sp³-hybridized carbons (Fsp3) is 0.565. The van der Waals surface area contributed by atoms with Crippen LogP contribution < -0.4 is 0 Å². The molecule has 1 aromatic carbocycles. The van der Waals surface area contributed by atoms with E-state index < -0.39 is 7.37 Å². The summed E-state index contributed by atoms with van der Waals surface area (Å²) >= 11 is 0. The zero-order valence-corrected chi connectivity index (χ0v) is 17.4. The van der Waals surface area contributed by atoms with Crippen molar-refractivity contribution in [2.45, 2.75) is 57.5 Å². The topological polar surface area (TPSA) is 46.5 Å². The van der Waals surface area contributed by atoms with Gasteiger partial charge in [0.25, 0.3) is 0 Å². The summed E-state index contributed by atoms with van der Waals surface area (Å²) in [6.07, 6.45) is 10.5. The van der Waals surface area contributed by atoms with Gasteiger partial charge in [-0.05, 0) is 68.1 Å². The Labute approximate surface area is 163 Å². The van der Waals surface area contributed by atoms with Gasteiger partial charge in [0.15, 0.2) is 0 Å². The Morgan fingerprint density at radius 3 is 2.81 bits per heavy atom. The predicted octanol–water partition coefficient (Wildman–Crippen LogP) is 6.13. The number of allylic oxidation sites excluding steroid dienone is 3. The summed E-state index contributed by atoms with van der Waals surface area (Å²) in [6.45, 7) is 1.43. The summed E-state index contributed by atoms with van der Waals surface area (Å²) < 4.78 is 17.9. The van der Waals surface area contributed by atoms with Gasteiger partial charge in [0, 0.05) is 24.3 Å². The molecule has 3 atom stereocenters. The summed E-state index contributed by atoms with van der Waals surface area (Å²) in [5.74, 6) is 2.18. The highest BCUT2D eigenvalue weighted by molar-refractivity contribution is 7.56. The highest BCUT2D eigenvalue weighted by Crippen LogP contribution is 2.53. The van der Waals surface area contributed by atoms with Crippen LogP contribution in [0.4, 0.5) is 0 Å². The van der Waals surface area contributed by atoms with Crippen LogP contribution in [0, 0.1) is 11.8 Å². The summed E-state index contributed by atoms with van der Waals surface area (Å²) in [6, 6.07) is 8.08. The van der Waals surface area contributed by atoms with Crippen molar-refractivity contribution >= 4 is 13.1 Å². The first-order chi connectivity index (χ1) is 13.0. The molecule has 1 aromatic rings. The summed E-state index contributed by atoms with van der Waals surface area (Å²) in [4.78, 5) is 9.77. The summed E-state index contributed by atoms with van der Waals surface area (Å²) in [5, 5.41) is 0. The molecular weight excluding hydrogens is 355 g/mol. The first-order valence-corrected chi connectivity index (χ1v) is 12.6. The van der Waals surface area contributed by atoms with E-state index in [2.05, 4.69) is 12.1 Å². The maximum absolute atomic E-state index is 11.9. The van der Waals surface area contributed by atoms with Crippen molar-refractivity contribution in [2.24, 2.45) is 11.8 Å². The average Bonchev–Trinajstić information content (AvgIpc) is 2.61. The normalized spacial score (nSPS) is 29.0. The second kappa shape index (κ2) is 7.60.